The molecule has 0 radical (unpaired) electrons. The van der Waals surface area contributed by atoms with Gasteiger partial charge in [-0.1, -0.05) is 23.7 Å². The molecular weight excluding hydrogens is 452 g/mol. The molecule has 0 fully saturated rings. The Bertz CT molecular complexity index is 1470. The molecule has 0 aliphatic rings. The summed E-state index contributed by atoms with van der Waals surface area (Å²) in [5, 5.41) is 18.0. The molecular formula is C25H23ClN6O2. The van der Waals surface area contributed by atoms with Gasteiger partial charge in [-0.15, -0.1) is 0 Å². The van der Waals surface area contributed by atoms with E-state index in [0.717, 1.165) is 38.9 Å². The highest BCUT2D eigenvalue weighted by Gasteiger charge is 2.16. The predicted octanol–water partition coefficient (Wildman–Crippen LogP) is 4.56. The third-order valence-electron chi connectivity index (χ3n) is 5.76. The van der Waals surface area contributed by atoms with Crippen LogP contribution in [0, 0.1) is 0 Å². The van der Waals surface area contributed by atoms with Crippen molar-refractivity contribution >= 4 is 28.5 Å². The monoisotopic (exact) mass is 474 g/mol. The second-order valence-corrected chi connectivity index (χ2v) is 8.53. The lowest BCUT2D eigenvalue weighted by Gasteiger charge is -2.14. The average Bonchev–Trinajstić information content (AvgIpc) is 3.58. The van der Waals surface area contributed by atoms with Crippen molar-refractivity contribution in [1.82, 2.24) is 30.0 Å². The van der Waals surface area contributed by atoms with Crippen LogP contribution >= 0.6 is 11.6 Å². The summed E-state index contributed by atoms with van der Waals surface area (Å²) >= 11 is 6.07. The van der Waals surface area contributed by atoms with Crippen LogP contribution in [-0.2, 0) is 6.54 Å². The quantitative estimate of drug-likeness (QED) is 0.277. The molecule has 0 saturated carbocycles. The topological polar surface area (TPSA) is 112 Å². The number of hydrogen-bond donors (Lipinski definition) is 4. The Kier molecular flexibility index (Phi) is 5.91. The number of carbonyl (C=O) groups is 1. The summed E-state index contributed by atoms with van der Waals surface area (Å²) < 4.78 is 1.69. The third kappa shape index (κ3) is 4.33. The minimum atomic E-state index is -0.200. The highest BCUT2D eigenvalue weighted by atomic mass is 35.5. The van der Waals surface area contributed by atoms with Crippen molar-refractivity contribution in [3.05, 3.63) is 83.7 Å². The van der Waals surface area contributed by atoms with Gasteiger partial charge in [-0.05, 0) is 36.8 Å². The van der Waals surface area contributed by atoms with Gasteiger partial charge in [0.2, 0.25) is 0 Å². The molecule has 4 heterocycles. The van der Waals surface area contributed by atoms with Gasteiger partial charge in [0.15, 0.2) is 0 Å². The number of aliphatic hydroxyl groups excluding tert-OH is 1. The number of rotatable bonds is 7. The van der Waals surface area contributed by atoms with Gasteiger partial charge in [0.1, 0.15) is 11.3 Å². The maximum atomic E-state index is 12.8. The lowest BCUT2D eigenvalue weighted by Crippen LogP contribution is -2.26. The first-order valence-corrected chi connectivity index (χ1v) is 11.3. The van der Waals surface area contributed by atoms with Gasteiger partial charge in [-0.25, -0.2) is 4.98 Å². The summed E-state index contributed by atoms with van der Waals surface area (Å²) in [6, 6.07) is 11.1. The van der Waals surface area contributed by atoms with E-state index in [4.69, 9.17) is 16.7 Å². The van der Waals surface area contributed by atoms with Gasteiger partial charge >= 0.3 is 0 Å². The molecule has 0 aliphatic heterocycles. The Labute approximate surface area is 200 Å². The summed E-state index contributed by atoms with van der Waals surface area (Å²) in [4.78, 5) is 23.6. The number of pyridine rings is 1. The zero-order chi connectivity index (χ0) is 23.7. The maximum absolute atomic E-state index is 12.8. The fourth-order valence-electron chi connectivity index (χ4n) is 3.95. The Morgan fingerprint density at radius 1 is 1.15 bits per heavy atom. The Balaban J connectivity index is 1.39. The number of nitrogens with one attached hydrogen (secondary N) is 3. The standard InChI is InChI=1S/C25H23ClN6O2/c1-15(16-3-2-4-20(26)7-16)31-25(34)23-9-18(11-27-23)22-13-29-24-21(22)8-17(10-28-24)19-12-30-32(14-19)5-6-33/h2-4,7-15,27,33H,5-6H2,1H3,(H,28,29)(H,31,34). The fourth-order valence-corrected chi connectivity index (χ4v) is 4.15. The third-order valence-corrected chi connectivity index (χ3v) is 6.00. The van der Waals surface area contributed by atoms with Crippen LogP contribution in [0.1, 0.15) is 29.0 Å². The number of aromatic nitrogens is 5. The first kappa shape index (κ1) is 21.9. The van der Waals surface area contributed by atoms with Gasteiger partial charge in [0, 0.05) is 57.5 Å². The van der Waals surface area contributed by atoms with E-state index in [1.54, 1.807) is 23.1 Å². The van der Waals surface area contributed by atoms with E-state index in [9.17, 15) is 4.79 Å². The molecule has 1 amide bonds. The molecule has 0 saturated heterocycles. The zero-order valence-electron chi connectivity index (χ0n) is 18.4. The van der Waals surface area contributed by atoms with E-state index in [-0.39, 0.29) is 18.6 Å². The van der Waals surface area contributed by atoms with Gasteiger partial charge in [-0.3, -0.25) is 9.48 Å². The molecule has 34 heavy (non-hydrogen) atoms. The predicted molar refractivity (Wildman–Crippen MR) is 132 cm³/mol. The van der Waals surface area contributed by atoms with Crippen molar-refractivity contribution in [1.29, 1.82) is 0 Å². The zero-order valence-corrected chi connectivity index (χ0v) is 19.2. The molecule has 1 atom stereocenters. The van der Waals surface area contributed by atoms with E-state index in [0.29, 0.717) is 17.3 Å². The number of carbonyl (C=O) groups excluding carboxylic acids is 1. The van der Waals surface area contributed by atoms with Crippen molar-refractivity contribution in [2.75, 3.05) is 6.61 Å². The number of halogens is 1. The van der Waals surface area contributed by atoms with Gasteiger partial charge < -0.3 is 20.4 Å². The normalized spacial score (nSPS) is 12.2. The summed E-state index contributed by atoms with van der Waals surface area (Å²) in [6.45, 7) is 2.39. The first-order chi connectivity index (χ1) is 16.5. The number of aromatic amines is 2. The highest BCUT2D eigenvalue weighted by Crippen LogP contribution is 2.31. The van der Waals surface area contributed by atoms with Crippen molar-refractivity contribution in [3.63, 3.8) is 0 Å². The molecule has 1 unspecified atom stereocenters. The van der Waals surface area contributed by atoms with Crippen molar-refractivity contribution in [3.8, 4) is 22.3 Å². The second kappa shape index (κ2) is 9.17. The minimum absolute atomic E-state index is 0.0294. The van der Waals surface area contributed by atoms with Crippen LogP contribution in [0.2, 0.25) is 5.02 Å². The van der Waals surface area contributed by atoms with Gasteiger partial charge in [0.25, 0.3) is 5.91 Å². The maximum Gasteiger partial charge on any atom is 0.268 e. The summed E-state index contributed by atoms with van der Waals surface area (Å²) in [7, 11) is 0. The van der Waals surface area contributed by atoms with Crippen LogP contribution in [0.5, 0.6) is 0 Å². The molecule has 0 spiro atoms. The molecule has 5 rings (SSSR count). The number of aliphatic hydroxyl groups is 1. The van der Waals surface area contributed by atoms with Crippen molar-refractivity contribution in [2.24, 2.45) is 0 Å². The molecule has 1 aromatic carbocycles. The van der Waals surface area contributed by atoms with Gasteiger partial charge in [0.05, 0.1) is 25.4 Å². The van der Waals surface area contributed by atoms with Crippen molar-refractivity contribution < 1.29 is 9.90 Å². The summed E-state index contributed by atoms with van der Waals surface area (Å²) in [5.74, 6) is -0.200. The van der Waals surface area contributed by atoms with E-state index in [2.05, 4.69) is 25.4 Å². The number of hydrogen-bond acceptors (Lipinski definition) is 4. The number of H-pyrrole nitrogens is 2. The molecule has 8 nitrogen and oxygen atoms in total. The molecule has 0 aliphatic carbocycles. The second-order valence-electron chi connectivity index (χ2n) is 8.09. The minimum Gasteiger partial charge on any atom is -0.394 e. The molecule has 4 aromatic heterocycles. The largest absolute Gasteiger partial charge is 0.394 e. The summed E-state index contributed by atoms with van der Waals surface area (Å²) in [6.07, 6.45) is 9.12. The lowest BCUT2D eigenvalue weighted by atomic mass is 10.1. The number of nitrogens with zero attached hydrogens (tertiary/aromatic N) is 3. The molecule has 9 heteroatoms. The van der Waals surface area contributed by atoms with E-state index in [1.807, 2.05) is 55.8 Å². The lowest BCUT2D eigenvalue weighted by molar-refractivity contribution is 0.0935. The van der Waals surface area contributed by atoms with Crippen LogP contribution in [-0.4, -0.2) is 42.4 Å². The van der Waals surface area contributed by atoms with Crippen LogP contribution in [0.25, 0.3) is 33.3 Å². The molecule has 0 bridgehead atoms. The number of fused-ring (bicyclic) bond motifs is 1. The van der Waals surface area contributed by atoms with Gasteiger partial charge in [-0.2, -0.15) is 5.10 Å². The Morgan fingerprint density at radius 3 is 2.85 bits per heavy atom. The van der Waals surface area contributed by atoms with Crippen LogP contribution in [0.15, 0.2) is 67.4 Å². The molecule has 4 N–H and O–H groups in total. The summed E-state index contributed by atoms with van der Waals surface area (Å²) in [5.41, 5.74) is 5.80. The number of amides is 1. The number of benzene rings is 1. The van der Waals surface area contributed by atoms with Crippen LogP contribution in [0.4, 0.5) is 0 Å². The van der Waals surface area contributed by atoms with Crippen LogP contribution < -0.4 is 5.32 Å². The van der Waals surface area contributed by atoms with E-state index < -0.39 is 0 Å². The fraction of sp³-hybridized carbons (Fsp3) is 0.160. The van der Waals surface area contributed by atoms with Crippen molar-refractivity contribution in [2.45, 2.75) is 19.5 Å². The first-order valence-electron chi connectivity index (χ1n) is 10.9. The Hall–Kier alpha value is -3.88. The smallest absolute Gasteiger partial charge is 0.268 e. The Morgan fingerprint density at radius 2 is 2.03 bits per heavy atom. The molecule has 172 valence electrons. The van der Waals surface area contributed by atoms with Crippen LogP contribution in [0.3, 0.4) is 0 Å². The highest BCUT2D eigenvalue weighted by molar-refractivity contribution is 6.30. The van der Waals surface area contributed by atoms with E-state index in [1.165, 1.54) is 0 Å². The average molecular weight is 475 g/mol. The van der Waals surface area contributed by atoms with E-state index >= 15 is 0 Å². The SMILES string of the molecule is CC(NC(=O)c1cc(-c2c[nH]c3ncc(-c4cnn(CCO)c4)cc23)c[nH]1)c1cccc(Cl)c1. The molecule has 5 aromatic rings.